The Balaban J connectivity index is 1.01. The van der Waals surface area contributed by atoms with E-state index < -0.39 is 0 Å². The summed E-state index contributed by atoms with van der Waals surface area (Å²) in [6.07, 6.45) is 6.19. The van der Waals surface area contributed by atoms with Crippen molar-refractivity contribution in [3.8, 4) is 16.8 Å². The predicted octanol–water partition coefficient (Wildman–Crippen LogP) is 15.1. The summed E-state index contributed by atoms with van der Waals surface area (Å²) in [7, 11) is 0. The number of fused-ring (bicyclic) bond motifs is 6. The quantitative estimate of drug-likeness (QED) is 0.163. The van der Waals surface area contributed by atoms with Crippen LogP contribution in [0.2, 0.25) is 0 Å². The van der Waals surface area contributed by atoms with Crippen LogP contribution in [0.25, 0.3) is 60.6 Å². The highest BCUT2D eigenvalue weighted by molar-refractivity contribution is 6.10. The first-order valence-electron chi connectivity index (χ1n) is 20.3. The maximum atomic E-state index is 6.42. The molecule has 3 nitrogen and oxygen atoms in total. The lowest BCUT2D eigenvalue weighted by atomic mass is 9.65. The van der Waals surface area contributed by atoms with E-state index in [4.69, 9.17) is 4.42 Å². The third-order valence-corrected chi connectivity index (χ3v) is 12.5. The Hall–Kier alpha value is -6.84. The summed E-state index contributed by atoms with van der Waals surface area (Å²) in [5.74, 6) is 0. The molecule has 0 atom stereocenters. The van der Waals surface area contributed by atoms with Gasteiger partial charge in [0.05, 0.1) is 11.0 Å². The van der Waals surface area contributed by atoms with Crippen molar-refractivity contribution in [2.24, 2.45) is 0 Å². The molecule has 0 spiro atoms. The molecule has 0 aliphatic heterocycles. The highest BCUT2D eigenvalue weighted by Crippen LogP contribution is 2.46. The third-order valence-electron chi connectivity index (χ3n) is 12.5. The van der Waals surface area contributed by atoms with E-state index in [2.05, 4.69) is 198 Å². The maximum absolute atomic E-state index is 6.42. The molecule has 0 radical (unpaired) electrons. The minimum atomic E-state index is 0.0467. The zero-order chi connectivity index (χ0) is 37.8. The number of anilines is 3. The van der Waals surface area contributed by atoms with Gasteiger partial charge in [-0.2, -0.15) is 0 Å². The zero-order valence-electron chi connectivity index (χ0n) is 31.8. The second kappa shape index (κ2) is 13.7. The Morgan fingerprint density at radius 3 is 1.74 bits per heavy atom. The Kier molecular flexibility index (Phi) is 8.06. The van der Waals surface area contributed by atoms with Crippen molar-refractivity contribution in [3.05, 3.63) is 205 Å². The molecule has 1 saturated carbocycles. The van der Waals surface area contributed by atoms with Gasteiger partial charge in [-0.1, -0.05) is 141 Å². The summed E-state index contributed by atoms with van der Waals surface area (Å²) in [6.45, 7) is 0. The lowest BCUT2D eigenvalue weighted by Gasteiger charge is -2.39. The van der Waals surface area contributed by atoms with Crippen LogP contribution in [-0.4, -0.2) is 4.57 Å². The fourth-order valence-corrected chi connectivity index (χ4v) is 9.70. The van der Waals surface area contributed by atoms with Crippen molar-refractivity contribution < 1.29 is 4.42 Å². The number of hydrogen-bond acceptors (Lipinski definition) is 2. The molecule has 0 saturated heterocycles. The average Bonchev–Trinajstić information content (AvgIpc) is 3.83. The third kappa shape index (κ3) is 5.65. The van der Waals surface area contributed by atoms with Gasteiger partial charge >= 0.3 is 0 Å². The van der Waals surface area contributed by atoms with E-state index in [9.17, 15) is 0 Å². The normalized spacial score (nSPS) is 14.1. The predicted molar refractivity (Wildman–Crippen MR) is 238 cm³/mol. The van der Waals surface area contributed by atoms with Crippen LogP contribution in [0.1, 0.15) is 43.2 Å². The molecule has 1 fully saturated rings. The number of benzene rings is 8. The monoisotopic (exact) mass is 734 g/mol. The van der Waals surface area contributed by atoms with E-state index in [1.54, 1.807) is 0 Å². The van der Waals surface area contributed by atoms with Crippen molar-refractivity contribution >= 4 is 60.8 Å². The molecular weight excluding hydrogens is 693 g/mol. The van der Waals surface area contributed by atoms with E-state index in [-0.39, 0.29) is 5.41 Å². The smallest absolute Gasteiger partial charge is 0.137 e. The lowest BCUT2D eigenvalue weighted by molar-refractivity contribution is 0.346. The van der Waals surface area contributed by atoms with Gasteiger partial charge in [-0.25, -0.2) is 0 Å². The summed E-state index contributed by atoms with van der Waals surface area (Å²) < 4.78 is 8.81. The van der Waals surface area contributed by atoms with Crippen molar-refractivity contribution in [1.82, 2.24) is 4.57 Å². The van der Waals surface area contributed by atoms with Gasteiger partial charge in [0.15, 0.2) is 0 Å². The molecular formula is C54H42N2O. The Bertz CT molecular complexity index is 3020. The van der Waals surface area contributed by atoms with Gasteiger partial charge in [0.2, 0.25) is 0 Å². The highest BCUT2D eigenvalue weighted by atomic mass is 16.3. The molecule has 2 heterocycles. The van der Waals surface area contributed by atoms with Gasteiger partial charge in [-0.05, 0) is 102 Å². The minimum absolute atomic E-state index is 0.0467. The summed E-state index contributed by atoms with van der Waals surface area (Å²) in [6, 6.07) is 70.9. The minimum Gasteiger partial charge on any atom is -0.456 e. The summed E-state index contributed by atoms with van der Waals surface area (Å²) in [5.41, 5.74) is 13.9. The molecule has 0 bridgehead atoms. The average molecular weight is 735 g/mol. The molecule has 0 amide bonds. The van der Waals surface area contributed by atoms with Gasteiger partial charge < -0.3 is 13.9 Å². The van der Waals surface area contributed by atoms with E-state index >= 15 is 0 Å². The Morgan fingerprint density at radius 1 is 0.404 bits per heavy atom. The molecule has 3 heteroatoms. The summed E-state index contributed by atoms with van der Waals surface area (Å²) in [4.78, 5) is 2.37. The molecule has 8 aromatic carbocycles. The number of furan rings is 1. The maximum Gasteiger partial charge on any atom is 0.137 e. The largest absolute Gasteiger partial charge is 0.456 e. The summed E-state index contributed by atoms with van der Waals surface area (Å²) >= 11 is 0. The van der Waals surface area contributed by atoms with Crippen molar-refractivity contribution in [2.75, 3.05) is 4.90 Å². The first-order valence-corrected chi connectivity index (χ1v) is 20.3. The van der Waals surface area contributed by atoms with Crippen molar-refractivity contribution in [1.29, 1.82) is 0 Å². The first-order chi connectivity index (χ1) is 28.2. The molecule has 1 aliphatic carbocycles. The van der Waals surface area contributed by atoms with Gasteiger partial charge in [-0.3, -0.25) is 0 Å². The molecule has 0 N–H and O–H groups in total. The number of rotatable bonds is 7. The molecule has 11 rings (SSSR count). The first kappa shape index (κ1) is 33.5. The molecule has 2 aromatic heterocycles. The van der Waals surface area contributed by atoms with Crippen LogP contribution in [0, 0.1) is 0 Å². The SMILES string of the molecule is c1ccc(-n2c3ccccc3c3ccc(-c4ccc(N(c5ccc(C6(c7ccccc7)CCCCC6)cc5)c5ccc6c(c5)oc5ccccc56)cc4)cc32)cc1. The molecule has 10 aromatic rings. The number of aromatic nitrogens is 1. The van der Waals surface area contributed by atoms with Gasteiger partial charge in [0.25, 0.3) is 0 Å². The number of hydrogen-bond donors (Lipinski definition) is 0. The lowest BCUT2D eigenvalue weighted by Crippen LogP contribution is -2.30. The van der Waals surface area contributed by atoms with E-state index in [0.29, 0.717) is 0 Å². The van der Waals surface area contributed by atoms with Crippen LogP contribution in [0.3, 0.4) is 0 Å². The van der Waals surface area contributed by atoms with Crippen LogP contribution in [0.4, 0.5) is 17.1 Å². The van der Waals surface area contributed by atoms with Crippen LogP contribution in [0.15, 0.2) is 199 Å². The zero-order valence-corrected chi connectivity index (χ0v) is 31.8. The van der Waals surface area contributed by atoms with E-state index in [0.717, 1.165) is 44.7 Å². The van der Waals surface area contributed by atoms with E-state index in [1.165, 1.54) is 76.2 Å². The van der Waals surface area contributed by atoms with Crippen LogP contribution in [-0.2, 0) is 5.41 Å². The second-order valence-corrected chi connectivity index (χ2v) is 15.6. The van der Waals surface area contributed by atoms with Crippen LogP contribution in [0.5, 0.6) is 0 Å². The molecule has 0 unspecified atom stereocenters. The summed E-state index contributed by atoms with van der Waals surface area (Å²) in [5, 5.41) is 4.79. The fourth-order valence-electron chi connectivity index (χ4n) is 9.70. The Morgan fingerprint density at radius 2 is 0.965 bits per heavy atom. The molecule has 1 aliphatic rings. The standard InChI is InChI=1S/C54H42N2O/c1-4-14-40(15-5-1)54(34-12-3-13-35-54)41-25-29-44(30-26-41)55(45-31-33-49-48-19-9-11-21-52(48)57-53(49)37-45)43-27-22-38(23-28-43)39-24-32-47-46-18-8-10-20-50(46)56(51(47)36-39)42-16-6-2-7-17-42/h1-2,4-11,14-33,36-37H,3,12-13,34-35H2. The van der Waals surface area contributed by atoms with Gasteiger partial charge in [0, 0.05) is 55.8 Å². The topological polar surface area (TPSA) is 21.3 Å². The number of nitrogens with zero attached hydrogens (tertiary/aromatic N) is 2. The van der Waals surface area contributed by atoms with Crippen LogP contribution >= 0.6 is 0 Å². The highest BCUT2D eigenvalue weighted by Gasteiger charge is 2.35. The second-order valence-electron chi connectivity index (χ2n) is 15.6. The van der Waals surface area contributed by atoms with Gasteiger partial charge in [-0.15, -0.1) is 0 Å². The van der Waals surface area contributed by atoms with Crippen molar-refractivity contribution in [3.63, 3.8) is 0 Å². The molecule has 57 heavy (non-hydrogen) atoms. The molecule has 274 valence electrons. The number of para-hydroxylation sites is 3. The Labute approximate surface area is 333 Å². The van der Waals surface area contributed by atoms with Crippen LogP contribution < -0.4 is 4.90 Å². The van der Waals surface area contributed by atoms with E-state index in [1.807, 2.05) is 6.07 Å². The fraction of sp³-hybridized carbons (Fsp3) is 0.111. The van der Waals surface area contributed by atoms with Crippen molar-refractivity contribution in [2.45, 2.75) is 37.5 Å². The van der Waals surface area contributed by atoms with Gasteiger partial charge in [0.1, 0.15) is 11.2 Å².